The number of aromatic nitrogens is 2. The van der Waals surface area contributed by atoms with Crippen molar-refractivity contribution in [1.82, 2.24) is 9.97 Å². The molecule has 55 heavy (non-hydrogen) atoms. The Bertz CT molecular complexity index is 2490. The number of fused-ring (bicyclic) bond motifs is 5. The summed E-state index contributed by atoms with van der Waals surface area (Å²) in [5, 5.41) is 0. The van der Waals surface area contributed by atoms with Gasteiger partial charge >= 0.3 is 0 Å². The van der Waals surface area contributed by atoms with E-state index in [1.165, 1.54) is 33.4 Å². The molecular weight excluding hydrogens is 677 g/mol. The topological polar surface area (TPSA) is 59.8 Å². The van der Waals surface area contributed by atoms with E-state index in [9.17, 15) is 0 Å². The van der Waals surface area contributed by atoms with E-state index in [0.29, 0.717) is 11.6 Å². The molecule has 0 radical (unpaired) electrons. The molecule has 0 N–H and O–H groups in total. The summed E-state index contributed by atoms with van der Waals surface area (Å²) in [6.45, 7) is 18.1. The Kier molecular flexibility index (Phi) is 8.05. The molecule has 0 unspecified atom stereocenters. The van der Waals surface area contributed by atoms with E-state index in [1.807, 2.05) is 36.7 Å². The van der Waals surface area contributed by atoms with Crippen molar-refractivity contribution in [2.24, 2.45) is 4.99 Å². The van der Waals surface area contributed by atoms with Gasteiger partial charge in [-0.3, -0.25) is 9.88 Å². The lowest BCUT2D eigenvalue weighted by Crippen LogP contribution is -2.31. The van der Waals surface area contributed by atoms with Gasteiger partial charge in [0.15, 0.2) is 0 Å². The molecular formula is C49H48N4O2. The summed E-state index contributed by atoms with van der Waals surface area (Å²) in [5.41, 5.74) is 12.3. The number of pyridine rings is 2. The minimum Gasteiger partial charge on any atom is -0.471 e. The number of aliphatic imine (C=N–C) groups is 1. The van der Waals surface area contributed by atoms with E-state index in [1.54, 1.807) is 0 Å². The van der Waals surface area contributed by atoms with Gasteiger partial charge in [-0.2, -0.15) is 0 Å². The summed E-state index contributed by atoms with van der Waals surface area (Å²) >= 11 is 0. The van der Waals surface area contributed by atoms with Crippen LogP contribution in [-0.2, 0) is 27.4 Å². The predicted octanol–water partition coefficient (Wildman–Crippen LogP) is 12.1. The van der Waals surface area contributed by atoms with Crippen molar-refractivity contribution < 1.29 is 9.47 Å². The molecule has 0 spiro atoms. The van der Waals surface area contributed by atoms with Crippen molar-refractivity contribution in [3.8, 4) is 22.8 Å². The monoisotopic (exact) mass is 724 g/mol. The standard InChI is InChI=1S/C49H48N4O2/c1-47(2,3)33-16-18-37-30(24-33)27-43-45(37)52-46(55-43)32-23-31(40-14-11-12-21-50-40)25-36(26-32)54-35-17-19-39-42(29-35)53(41-15-10-9-13-38(41)49(39,7)8)44-28-34(20-22-51-44)48(4,5)6/h9-26,28-29,43,45H,27H2,1-8H3/t43-,45+/m0/s1. The second-order valence-electron chi connectivity index (χ2n) is 17.8. The number of benzene rings is 4. The van der Waals surface area contributed by atoms with Gasteiger partial charge in [-0.15, -0.1) is 0 Å². The number of hydrogen-bond acceptors (Lipinski definition) is 6. The van der Waals surface area contributed by atoms with Crippen LogP contribution in [0, 0.1) is 0 Å². The minimum absolute atomic E-state index is 0.0219. The molecule has 6 nitrogen and oxygen atoms in total. The fraction of sp³-hybridized carbons (Fsp3) is 0.286. The predicted molar refractivity (Wildman–Crippen MR) is 222 cm³/mol. The van der Waals surface area contributed by atoms with Gasteiger partial charge in [0.05, 0.1) is 17.1 Å². The molecule has 0 bridgehead atoms. The number of anilines is 3. The van der Waals surface area contributed by atoms with Crippen LogP contribution in [0.3, 0.4) is 0 Å². The lowest BCUT2D eigenvalue weighted by Gasteiger charge is -2.41. The normalized spacial score (nSPS) is 18.1. The van der Waals surface area contributed by atoms with Gasteiger partial charge in [0, 0.05) is 41.4 Å². The van der Waals surface area contributed by atoms with Gasteiger partial charge in [0.2, 0.25) is 5.90 Å². The first-order valence-electron chi connectivity index (χ1n) is 19.4. The summed E-state index contributed by atoms with van der Waals surface area (Å²) in [7, 11) is 0. The van der Waals surface area contributed by atoms with Crippen LogP contribution in [0.5, 0.6) is 11.5 Å². The van der Waals surface area contributed by atoms with E-state index in [2.05, 4.69) is 145 Å². The lowest BCUT2D eigenvalue weighted by atomic mass is 9.73. The molecule has 4 aromatic carbocycles. The molecule has 6 heteroatoms. The maximum atomic E-state index is 6.84. The number of nitrogens with zero attached hydrogens (tertiary/aromatic N) is 4. The number of ether oxygens (including phenoxy) is 2. The maximum Gasteiger partial charge on any atom is 0.217 e. The van der Waals surface area contributed by atoms with Crippen molar-refractivity contribution in [2.75, 3.05) is 4.90 Å². The first-order chi connectivity index (χ1) is 26.2. The lowest BCUT2D eigenvalue weighted by molar-refractivity contribution is 0.206. The fourth-order valence-electron chi connectivity index (χ4n) is 8.38. The largest absolute Gasteiger partial charge is 0.471 e. The summed E-state index contributed by atoms with van der Waals surface area (Å²) in [5.74, 6) is 2.94. The highest BCUT2D eigenvalue weighted by Crippen LogP contribution is 2.53. The van der Waals surface area contributed by atoms with E-state index in [-0.39, 0.29) is 28.4 Å². The summed E-state index contributed by atoms with van der Waals surface area (Å²) < 4.78 is 13.5. The van der Waals surface area contributed by atoms with E-state index < -0.39 is 0 Å². The molecule has 0 saturated carbocycles. The zero-order chi connectivity index (χ0) is 38.3. The first-order valence-corrected chi connectivity index (χ1v) is 19.4. The third-order valence-electron chi connectivity index (χ3n) is 11.5. The average Bonchev–Trinajstić information content (AvgIpc) is 3.73. The average molecular weight is 725 g/mol. The second kappa shape index (κ2) is 12.7. The van der Waals surface area contributed by atoms with Gasteiger partial charge < -0.3 is 9.47 Å². The highest BCUT2D eigenvalue weighted by molar-refractivity contribution is 5.97. The summed E-state index contributed by atoms with van der Waals surface area (Å²) in [6.07, 6.45) is 4.57. The third kappa shape index (κ3) is 6.18. The van der Waals surface area contributed by atoms with Crippen LogP contribution in [0.1, 0.15) is 100 Å². The Morgan fingerprint density at radius 1 is 0.673 bits per heavy atom. The SMILES string of the molecule is CC(C)(C)c1ccnc(N2c3ccccc3C(C)(C)c3ccc(Oc4cc(C5=N[C@@H]6c7ccc(C(C)(C)C)cc7C[C@@H]6O5)cc(-c5ccccn5)c4)cc32)c1. The molecule has 9 rings (SSSR count). The molecule has 0 amide bonds. The smallest absolute Gasteiger partial charge is 0.217 e. The number of hydrogen-bond donors (Lipinski definition) is 0. The molecule has 2 aliphatic heterocycles. The van der Waals surface area contributed by atoms with Crippen LogP contribution in [0.4, 0.5) is 17.2 Å². The molecule has 6 aromatic rings. The minimum atomic E-state index is -0.238. The van der Waals surface area contributed by atoms with E-state index >= 15 is 0 Å². The summed E-state index contributed by atoms with van der Waals surface area (Å²) in [6, 6.07) is 38.4. The maximum absolute atomic E-state index is 6.84. The van der Waals surface area contributed by atoms with Gasteiger partial charge in [0.25, 0.3) is 0 Å². The molecule has 4 heterocycles. The van der Waals surface area contributed by atoms with Gasteiger partial charge in [-0.25, -0.2) is 9.98 Å². The van der Waals surface area contributed by atoms with Gasteiger partial charge in [-0.1, -0.05) is 104 Å². The fourth-order valence-corrected chi connectivity index (χ4v) is 8.38. The van der Waals surface area contributed by atoms with Gasteiger partial charge in [0.1, 0.15) is 29.5 Å². The number of para-hydroxylation sites is 1. The van der Waals surface area contributed by atoms with E-state index in [4.69, 9.17) is 24.4 Å². The molecule has 276 valence electrons. The van der Waals surface area contributed by atoms with Gasteiger partial charge in [-0.05, 0) is 98.8 Å². The third-order valence-corrected chi connectivity index (χ3v) is 11.5. The van der Waals surface area contributed by atoms with Crippen molar-refractivity contribution in [3.05, 3.63) is 161 Å². The Labute approximate surface area is 324 Å². The zero-order valence-electron chi connectivity index (χ0n) is 33.0. The second-order valence-corrected chi connectivity index (χ2v) is 17.8. The summed E-state index contributed by atoms with van der Waals surface area (Å²) in [4.78, 5) is 17.1. The van der Waals surface area contributed by atoms with Crippen molar-refractivity contribution >= 4 is 23.1 Å². The Hall–Kier alpha value is -5.75. The van der Waals surface area contributed by atoms with E-state index in [0.717, 1.165) is 46.2 Å². The van der Waals surface area contributed by atoms with Crippen molar-refractivity contribution in [1.29, 1.82) is 0 Å². The van der Waals surface area contributed by atoms with Crippen LogP contribution in [0.15, 0.2) is 127 Å². The quantitative estimate of drug-likeness (QED) is 0.177. The molecule has 0 fully saturated rings. The molecule has 0 saturated heterocycles. The van der Waals surface area contributed by atoms with Crippen LogP contribution in [0.2, 0.25) is 0 Å². The van der Waals surface area contributed by atoms with Crippen LogP contribution in [0.25, 0.3) is 11.3 Å². The Balaban J connectivity index is 1.11. The first kappa shape index (κ1) is 35.0. The number of rotatable bonds is 5. The molecule has 1 aliphatic carbocycles. The van der Waals surface area contributed by atoms with Crippen LogP contribution < -0.4 is 9.64 Å². The Morgan fingerprint density at radius 3 is 2.20 bits per heavy atom. The zero-order valence-corrected chi connectivity index (χ0v) is 33.0. The van der Waals surface area contributed by atoms with Crippen molar-refractivity contribution in [3.63, 3.8) is 0 Å². The molecule has 2 atom stereocenters. The van der Waals surface area contributed by atoms with Crippen molar-refractivity contribution in [2.45, 2.75) is 90.2 Å². The Morgan fingerprint density at radius 2 is 1.42 bits per heavy atom. The highest BCUT2D eigenvalue weighted by atomic mass is 16.5. The molecule has 3 aliphatic rings. The highest BCUT2D eigenvalue weighted by Gasteiger charge is 2.41. The van der Waals surface area contributed by atoms with Crippen LogP contribution >= 0.6 is 0 Å². The van der Waals surface area contributed by atoms with Crippen LogP contribution in [-0.4, -0.2) is 22.0 Å². The molecule has 2 aromatic heterocycles.